The molecule has 4 aromatic rings. The molecule has 0 amide bonds. The number of furan rings is 1. The maximum Gasteiger partial charge on any atom is 0.281 e. The number of aryl methyl sites for hydroxylation is 1. The third-order valence-electron chi connectivity index (χ3n) is 4.94. The van der Waals surface area contributed by atoms with Crippen LogP contribution >= 0.6 is 0 Å². The Kier molecular flexibility index (Phi) is 5.48. The topological polar surface area (TPSA) is 73.0 Å². The zero-order valence-electron chi connectivity index (χ0n) is 17.3. The van der Waals surface area contributed by atoms with Gasteiger partial charge < -0.3 is 9.73 Å². The first-order valence-electron chi connectivity index (χ1n) is 9.96. The number of nitrogens with zero attached hydrogens (tertiary/aromatic N) is 3. The van der Waals surface area contributed by atoms with Gasteiger partial charge >= 0.3 is 0 Å². The molecule has 0 atom stereocenters. The summed E-state index contributed by atoms with van der Waals surface area (Å²) in [6, 6.07) is 19.3. The second kappa shape index (κ2) is 8.37. The summed E-state index contributed by atoms with van der Waals surface area (Å²) < 4.78 is 6.71. The summed E-state index contributed by atoms with van der Waals surface area (Å²) in [5.74, 6) is 1.48. The Hall–Kier alpha value is -3.67. The van der Waals surface area contributed by atoms with Crippen molar-refractivity contribution in [3.63, 3.8) is 0 Å². The quantitative estimate of drug-likeness (QED) is 0.477. The van der Waals surface area contributed by atoms with Gasteiger partial charge in [-0.25, -0.2) is 0 Å². The van der Waals surface area contributed by atoms with E-state index in [-0.39, 0.29) is 5.91 Å². The molecule has 0 spiro atoms. The predicted molar refractivity (Wildman–Crippen MR) is 116 cm³/mol. The average Bonchev–Trinajstić information content (AvgIpc) is 3.42. The van der Waals surface area contributed by atoms with Crippen molar-refractivity contribution in [2.75, 3.05) is 5.32 Å². The van der Waals surface area contributed by atoms with Crippen molar-refractivity contribution in [3.8, 4) is 11.6 Å². The first-order chi connectivity index (χ1) is 14.5. The molecule has 2 aromatic heterocycles. The van der Waals surface area contributed by atoms with E-state index in [2.05, 4.69) is 53.5 Å². The van der Waals surface area contributed by atoms with Crippen LogP contribution in [0.2, 0.25) is 0 Å². The minimum absolute atomic E-state index is 0.252. The van der Waals surface area contributed by atoms with E-state index in [0.717, 1.165) is 11.1 Å². The summed E-state index contributed by atoms with van der Waals surface area (Å²) in [5.41, 5.74) is 4.01. The Morgan fingerprint density at radius 3 is 2.43 bits per heavy atom. The molecule has 0 aliphatic carbocycles. The number of aromatic nitrogens is 3. The smallest absolute Gasteiger partial charge is 0.281 e. The molecule has 0 fully saturated rings. The maximum absolute atomic E-state index is 13.1. The number of hydrogen-bond acceptors (Lipinski definition) is 5. The van der Waals surface area contributed by atoms with Gasteiger partial charge in [0.05, 0.1) is 6.26 Å². The highest BCUT2D eigenvalue weighted by Gasteiger charge is 2.19. The van der Waals surface area contributed by atoms with Gasteiger partial charge in [-0.3, -0.25) is 4.79 Å². The molecule has 1 N–H and O–H groups in total. The molecule has 0 aliphatic rings. The highest BCUT2D eigenvalue weighted by atomic mass is 16.3. The van der Waals surface area contributed by atoms with E-state index in [1.807, 2.05) is 19.1 Å². The highest BCUT2D eigenvalue weighted by Crippen LogP contribution is 2.21. The highest BCUT2D eigenvalue weighted by molar-refractivity contribution is 5.97. The van der Waals surface area contributed by atoms with E-state index in [0.29, 0.717) is 35.6 Å². The lowest BCUT2D eigenvalue weighted by Crippen LogP contribution is -2.17. The molecule has 4 rings (SSSR count). The predicted octanol–water partition coefficient (Wildman–Crippen LogP) is 5.27. The van der Waals surface area contributed by atoms with Crippen LogP contribution in [0.15, 0.2) is 71.3 Å². The van der Waals surface area contributed by atoms with Crippen LogP contribution in [0.25, 0.3) is 11.6 Å². The summed E-state index contributed by atoms with van der Waals surface area (Å²) in [4.78, 5) is 17.6. The zero-order chi connectivity index (χ0) is 21.1. The molecule has 152 valence electrons. The number of benzene rings is 2. The van der Waals surface area contributed by atoms with Gasteiger partial charge in [-0.1, -0.05) is 55.8 Å². The van der Waals surface area contributed by atoms with E-state index in [1.165, 1.54) is 10.2 Å². The van der Waals surface area contributed by atoms with Crippen molar-refractivity contribution >= 4 is 11.9 Å². The molecule has 0 unspecified atom stereocenters. The van der Waals surface area contributed by atoms with Crippen LogP contribution in [0.4, 0.5) is 5.95 Å². The van der Waals surface area contributed by atoms with E-state index in [1.54, 1.807) is 30.5 Å². The van der Waals surface area contributed by atoms with Crippen molar-refractivity contribution in [3.05, 3.63) is 89.2 Å². The van der Waals surface area contributed by atoms with Crippen LogP contribution in [-0.4, -0.2) is 20.7 Å². The first-order valence-corrected chi connectivity index (χ1v) is 9.96. The average molecular weight is 400 g/mol. The van der Waals surface area contributed by atoms with Gasteiger partial charge in [0.1, 0.15) is 0 Å². The Bertz CT molecular complexity index is 1130. The van der Waals surface area contributed by atoms with E-state index < -0.39 is 0 Å². The summed E-state index contributed by atoms with van der Waals surface area (Å²) in [6.45, 7) is 6.84. The van der Waals surface area contributed by atoms with E-state index in [4.69, 9.17) is 4.42 Å². The van der Waals surface area contributed by atoms with Gasteiger partial charge in [0.2, 0.25) is 11.8 Å². The fourth-order valence-electron chi connectivity index (χ4n) is 3.10. The van der Waals surface area contributed by atoms with Gasteiger partial charge in [-0.15, -0.1) is 5.10 Å². The van der Waals surface area contributed by atoms with Gasteiger partial charge in [-0.05, 0) is 48.2 Å². The van der Waals surface area contributed by atoms with Crippen LogP contribution < -0.4 is 5.32 Å². The monoisotopic (exact) mass is 400 g/mol. The van der Waals surface area contributed by atoms with Crippen LogP contribution in [0, 0.1) is 6.92 Å². The van der Waals surface area contributed by atoms with Crippen molar-refractivity contribution in [2.24, 2.45) is 0 Å². The van der Waals surface area contributed by atoms with Gasteiger partial charge in [0, 0.05) is 12.1 Å². The molecule has 0 radical (unpaired) electrons. The number of rotatable bonds is 6. The van der Waals surface area contributed by atoms with Crippen LogP contribution in [0.1, 0.15) is 46.8 Å². The Labute approximate surface area is 175 Å². The Morgan fingerprint density at radius 1 is 1.07 bits per heavy atom. The molecule has 30 heavy (non-hydrogen) atoms. The van der Waals surface area contributed by atoms with Crippen molar-refractivity contribution < 1.29 is 9.21 Å². The number of carbonyl (C=O) groups is 1. The second-order valence-corrected chi connectivity index (χ2v) is 7.57. The summed E-state index contributed by atoms with van der Waals surface area (Å²) >= 11 is 0. The lowest BCUT2D eigenvalue weighted by Gasteiger charge is -2.09. The molecule has 0 bridgehead atoms. The molecule has 2 heterocycles. The maximum atomic E-state index is 13.1. The number of anilines is 1. The van der Waals surface area contributed by atoms with Crippen LogP contribution in [-0.2, 0) is 6.54 Å². The van der Waals surface area contributed by atoms with Crippen molar-refractivity contribution in [2.45, 2.75) is 33.2 Å². The van der Waals surface area contributed by atoms with Crippen LogP contribution in [0.3, 0.4) is 0 Å². The fraction of sp³-hybridized carbons (Fsp3) is 0.208. The minimum Gasteiger partial charge on any atom is -0.461 e. The Balaban J connectivity index is 1.62. The third kappa shape index (κ3) is 4.17. The number of nitrogens with one attached hydrogen (secondary N) is 1. The summed E-state index contributed by atoms with van der Waals surface area (Å²) in [5, 5.41) is 7.65. The van der Waals surface area contributed by atoms with Gasteiger partial charge in [0.15, 0.2) is 5.76 Å². The normalized spacial score (nSPS) is 11.1. The standard InChI is InChI=1S/C24H24N4O2/c1-16(2)19-12-8-18(9-13-19)15-25-24-26-22(21-5-4-14-30-21)27-28(24)23(29)20-10-6-17(3)7-11-20/h4-14,16H,15H2,1-3H3,(H,25,26,27). The van der Waals surface area contributed by atoms with E-state index in [9.17, 15) is 4.79 Å². The van der Waals surface area contributed by atoms with Crippen molar-refractivity contribution in [1.29, 1.82) is 0 Å². The molecule has 6 heteroatoms. The molecule has 6 nitrogen and oxygen atoms in total. The van der Waals surface area contributed by atoms with Crippen molar-refractivity contribution in [1.82, 2.24) is 14.8 Å². The SMILES string of the molecule is Cc1ccc(C(=O)n2nc(-c3ccco3)nc2NCc2ccc(C(C)C)cc2)cc1. The lowest BCUT2D eigenvalue weighted by molar-refractivity contribution is 0.0947. The molecule has 2 aromatic carbocycles. The molecule has 0 saturated heterocycles. The van der Waals surface area contributed by atoms with E-state index >= 15 is 0 Å². The Morgan fingerprint density at radius 2 is 1.80 bits per heavy atom. The summed E-state index contributed by atoms with van der Waals surface area (Å²) in [7, 11) is 0. The van der Waals surface area contributed by atoms with Crippen LogP contribution in [0.5, 0.6) is 0 Å². The van der Waals surface area contributed by atoms with Gasteiger partial charge in [-0.2, -0.15) is 9.67 Å². The molecule has 0 saturated carbocycles. The fourth-order valence-corrected chi connectivity index (χ4v) is 3.10. The number of hydrogen-bond donors (Lipinski definition) is 1. The molecular formula is C24H24N4O2. The zero-order valence-corrected chi connectivity index (χ0v) is 17.3. The minimum atomic E-state index is -0.252. The van der Waals surface area contributed by atoms with Gasteiger partial charge in [0.25, 0.3) is 5.91 Å². The summed E-state index contributed by atoms with van der Waals surface area (Å²) in [6.07, 6.45) is 1.56. The molecular weight excluding hydrogens is 376 g/mol. The first kappa shape index (κ1) is 19.6. The number of carbonyl (C=O) groups excluding carboxylic acids is 1. The second-order valence-electron chi connectivity index (χ2n) is 7.57. The lowest BCUT2D eigenvalue weighted by atomic mass is 10.0. The molecule has 0 aliphatic heterocycles. The largest absolute Gasteiger partial charge is 0.461 e. The third-order valence-corrected chi connectivity index (χ3v) is 4.94.